The molecule has 0 aromatic carbocycles. The highest BCUT2D eigenvalue weighted by Gasteiger charge is 2.64. The summed E-state index contributed by atoms with van der Waals surface area (Å²) >= 11 is 0. The van der Waals surface area contributed by atoms with E-state index in [1.807, 2.05) is 0 Å². The molecule has 1 N–H and O–H groups in total. The fourth-order valence-electron chi connectivity index (χ4n) is 4.81. The van der Waals surface area contributed by atoms with Crippen molar-refractivity contribution in [3.63, 3.8) is 0 Å². The number of fused-ring (bicyclic) bond motifs is 2. The number of methoxy groups -OCH3 is 2. The Hall–Kier alpha value is -0.420. The van der Waals surface area contributed by atoms with E-state index in [-0.39, 0.29) is 11.7 Å². The third-order valence-corrected chi connectivity index (χ3v) is 6.58. The van der Waals surface area contributed by atoms with E-state index in [9.17, 15) is 5.11 Å². The van der Waals surface area contributed by atoms with Gasteiger partial charge in [0.1, 0.15) is 0 Å². The van der Waals surface area contributed by atoms with Crippen molar-refractivity contribution < 1.29 is 19.3 Å². The van der Waals surface area contributed by atoms with Crippen molar-refractivity contribution in [2.75, 3.05) is 14.2 Å². The number of hydrogen-bond acceptors (Lipinski definition) is 4. The summed E-state index contributed by atoms with van der Waals surface area (Å²) in [6.45, 7) is 6.56. The van der Waals surface area contributed by atoms with Crippen LogP contribution >= 0.6 is 0 Å². The molecule has 0 saturated heterocycles. The first kappa shape index (κ1) is 15.5. The van der Waals surface area contributed by atoms with Crippen LogP contribution in [-0.4, -0.2) is 37.0 Å². The van der Waals surface area contributed by atoms with Crippen LogP contribution in [-0.2, 0) is 14.2 Å². The smallest absolute Gasteiger partial charge is 0.196 e. The maximum Gasteiger partial charge on any atom is 0.196 e. The molecule has 4 heteroatoms. The first-order chi connectivity index (χ1) is 9.82. The first-order valence-corrected chi connectivity index (χ1v) is 8.00. The van der Waals surface area contributed by atoms with Crippen molar-refractivity contribution in [2.45, 2.75) is 70.6 Å². The highest BCUT2D eigenvalue weighted by atomic mass is 16.8. The third kappa shape index (κ3) is 1.89. The van der Waals surface area contributed by atoms with Gasteiger partial charge in [0.15, 0.2) is 12.1 Å². The van der Waals surface area contributed by atoms with Gasteiger partial charge in [0.05, 0.1) is 5.60 Å². The summed E-state index contributed by atoms with van der Waals surface area (Å²) in [4.78, 5) is 0. The van der Waals surface area contributed by atoms with Gasteiger partial charge in [-0.2, -0.15) is 0 Å². The summed E-state index contributed by atoms with van der Waals surface area (Å²) < 4.78 is 17.3. The van der Waals surface area contributed by atoms with Gasteiger partial charge in [-0.05, 0) is 43.3 Å². The number of hydrogen-bond donors (Lipinski definition) is 1. The Labute approximate surface area is 127 Å². The quantitative estimate of drug-likeness (QED) is 0.796. The van der Waals surface area contributed by atoms with Gasteiger partial charge >= 0.3 is 0 Å². The van der Waals surface area contributed by atoms with E-state index in [0.29, 0.717) is 12.3 Å². The maximum atomic E-state index is 11.4. The molecule has 1 heterocycles. The van der Waals surface area contributed by atoms with Gasteiger partial charge in [-0.3, -0.25) is 0 Å². The van der Waals surface area contributed by atoms with Gasteiger partial charge in [-0.15, -0.1) is 0 Å². The second-order valence-electron chi connectivity index (χ2n) is 7.40. The Morgan fingerprint density at radius 1 is 1.33 bits per heavy atom. The summed E-state index contributed by atoms with van der Waals surface area (Å²) in [5, 5.41) is 11.4. The van der Waals surface area contributed by atoms with E-state index >= 15 is 0 Å². The molecule has 0 unspecified atom stereocenters. The van der Waals surface area contributed by atoms with Crippen LogP contribution in [0.2, 0.25) is 0 Å². The topological polar surface area (TPSA) is 47.9 Å². The number of rotatable bonds is 2. The normalized spacial score (nSPS) is 50.0. The lowest BCUT2D eigenvalue weighted by atomic mass is 9.51. The van der Waals surface area contributed by atoms with Crippen LogP contribution in [0.4, 0.5) is 0 Å². The Morgan fingerprint density at radius 3 is 2.67 bits per heavy atom. The van der Waals surface area contributed by atoms with Gasteiger partial charge in [-0.25, -0.2) is 0 Å². The zero-order chi connectivity index (χ0) is 15.5. The molecule has 0 aromatic rings. The standard InChI is InChI=1S/C17H28O4/c1-11-7-6-8-16(18)10-17(20-5)13(9-15(11,16)3)12(2)14(19-4)21-17/h11,14,18H,6-10H2,1-5H3/t11-,14+,15+,16-,17-/m0/s1. The first-order valence-electron chi connectivity index (χ1n) is 8.00. The molecule has 3 rings (SSSR count). The Morgan fingerprint density at radius 2 is 2.05 bits per heavy atom. The molecule has 21 heavy (non-hydrogen) atoms. The van der Waals surface area contributed by atoms with E-state index in [2.05, 4.69) is 20.8 Å². The van der Waals surface area contributed by atoms with Crippen LogP contribution in [0.5, 0.6) is 0 Å². The minimum absolute atomic E-state index is 0.115. The molecule has 120 valence electrons. The largest absolute Gasteiger partial charge is 0.389 e. The molecule has 0 spiro atoms. The molecule has 5 atom stereocenters. The summed E-state index contributed by atoms with van der Waals surface area (Å²) in [6.07, 6.45) is 4.04. The predicted octanol–water partition coefficient (Wildman–Crippen LogP) is 3.00. The molecule has 0 bridgehead atoms. The van der Waals surface area contributed by atoms with Crippen LogP contribution < -0.4 is 0 Å². The maximum absolute atomic E-state index is 11.4. The van der Waals surface area contributed by atoms with Crippen LogP contribution in [0, 0.1) is 11.3 Å². The van der Waals surface area contributed by atoms with Gasteiger partial charge < -0.3 is 19.3 Å². The van der Waals surface area contributed by atoms with Crippen molar-refractivity contribution in [1.29, 1.82) is 0 Å². The molecule has 2 fully saturated rings. The van der Waals surface area contributed by atoms with E-state index in [1.54, 1.807) is 14.2 Å². The monoisotopic (exact) mass is 296 g/mol. The third-order valence-electron chi connectivity index (χ3n) is 6.58. The van der Waals surface area contributed by atoms with Gasteiger partial charge in [0, 0.05) is 26.1 Å². The van der Waals surface area contributed by atoms with Crippen LogP contribution in [0.25, 0.3) is 0 Å². The Bertz CT molecular complexity index is 473. The zero-order valence-electron chi connectivity index (χ0n) is 13.9. The predicted molar refractivity (Wildman–Crippen MR) is 79.6 cm³/mol. The zero-order valence-corrected chi connectivity index (χ0v) is 13.9. The number of ether oxygens (including phenoxy) is 3. The Balaban J connectivity index is 2.07. The van der Waals surface area contributed by atoms with Crippen LogP contribution in [0.15, 0.2) is 11.1 Å². The second kappa shape index (κ2) is 4.79. The average Bonchev–Trinajstić information content (AvgIpc) is 2.71. The van der Waals surface area contributed by atoms with E-state index in [4.69, 9.17) is 14.2 Å². The molecule has 4 nitrogen and oxygen atoms in total. The Kier molecular flexibility index (Phi) is 3.53. The van der Waals surface area contributed by atoms with E-state index < -0.39 is 11.4 Å². The van der Waals surface area contributed by atoms with Gasteiger partial charge in [0.2, 0.25) is 0 Å². The molecule has 3 aliphatic rings. The lowest BCUT2D eigenvalue weighted by molar-refractivity contribution is -0.297. The molecule has 0 aromatic heterocycles. The van der Waals surface area contributed by atoms with Crippen molar-refractivity contribution in [3.8, 4) is 0 Å². The highest BCUT2D eigenvalue weighted by molar-refractivity contribution is 5.34. The summed E-state index contributed by atoms with van der Waals surface area (Å²) in [5.41, 5.74) is 1.45. The number of aliphatic hydroxyl groups is 1. The fraction of sp³-hybridized carbons (Fsp3) is 0.882. The van der Waals surface area contributed by atoms with Gasteiger partial charge in [-0.1, -0.05) is 20.3 Å². The summed E-state index contributed by atoms with van der Waals surface area (Å²) in [7, 11) is 3.32. The average molecular weight is 296 g/mol. The van der Waals surface area contributed by atoms with E-state index in [1.165, 1.54) is 12.0 Å². The van der Waals surface area contributed by atoms with Gasteiger partial charge in [0.25, 0.3) is 0 Å². The van der Waals surface area contributed by atoms with Crippen molar-refractivity contribution in [2.24, 2.45) is 11.3 Å². The molecule has 0 amide bonds. The van der Waals surface area contributed by atoms with Crippen LogP contribution in [0.3, 0.4) is 0 Å². The molecule has 1 aliphatic heterocycles. The molecular weight excluding hydrogens is 268 g/mol. The molecule has 2 aliphatic carbocycles. The highest BCUT2D eigenvalue weighted by Crippen LogP contribution is 2.62. The summed E-state index contributed by atoms with van der Waals surface area (Å²) in [5.74, 6) is -0.316. The lowest BCUT2D eigenvalue weighted by Crippen LogP contribution is -2.62. The molecule has 2 saturated carbocycles. The summed E-state index contributed by atoms with van der Waals surface area (Å²) in [6, 6.07) is 0. The minimum Gasteiger partial charge on any atom is -0.389 e. The van der Waals surface area contributed by atoms with Crippen molar-refractivity contribution >= 4 is 0 Å². The molecular formula is C17H28O4. The lowest BCUT2D eigenvalue weighted by Gasteiger charge is -2.59. The van der Waals surface area contributed by atoms with Crippen molar-refractivity contribution in [1.82, 2.24) is 0 Å². The SMILES string of the molecule is CO[C@@H]1O[C@@]2(OC)C[C@@]3(O)CCC[C@H](C)[C@@]3(C)CC2=C1C. The second-order valence-corrected chi connectivity index (χ2v) is 7.40. The fourth-order valence-corrected chi connectivity index (χ4v) is 4.81. The minimum atomic E-state index is -0.809. The molecule has 0 radical (unpaired) electrons. The van der Waals surface area contributed by atoms with Crippen molar-refractivity contribution in [3.05, 3.63) is 11.1 Å². The van der Waals surface area contributed by atoms with Crippen LogP contribution in [0.1, 0.15) is 52.9 Å². The van der Waals surface area contributed by atoms with E-state index in [0.717, 1.165) is 24.8 Å².